The van der Waals surface area contributed by atoms with Gasteiger partial charge < -0.3 is 50.9 Å². The van der Waals surface area contributed by atoms with E-state index in [1.807, 2.05) is 45.0 Å². The molecule has 59 heavy (non-hydrogen) atoms. The SMILES string of the molecule is C=CCOP(OCCCC(=O)OC(C)(C)C)N(C(C)C)C(C)C.O=C(NCCO)OCC1c2ccccc2-c2ccccc21.[CH2-]CCOP(=O)(O)OCCN[C-]=O.[U].[V]. The van der Waals surface area contributed by atoms with E-state index in [0.29, 0.717) is 51.2 Å². The minimum absolute atomic E-state index is 0. The van der Waals surface area contributed by atoms with Gasteiger partial charge in [0.15, 0.2) is 0 Å². The molecule has 1 aliphatic rings. The van der Waals surface area contributed by atoms with Gasteiger partial charge in [-0.3, -0.25) is 13.8 Å². The molecule has 0 fully saturated rings. The van der Waals surface area contributed by atoms with Gasteiger partial charge >= 0.3 is 19.9 Å². The van der Waals surface area contributed by atoms with Gasteiger partial charge in [0.1, 0.15) is 12.2 Å². The van der Waals surface area contributed by atoms with Crippen LogP contribution in [0.4, 0.5) is 4.79 Å². The molecule has 2 aromatic carbocycles. The first-order valence-corrected chi connectivity index (χ1v) is 21.5. The Bertz CT molecular complexity index is 1480. The molecule has 2 atom stereocenters. The number of esters is 1. The van der Waals surface area contributed by atoms with Crippen molar-refractivity contribution in [1.29, 1.82) is 0 Å². The molecule has 2 unspecified atom stereocenters. The Kier molecular flexibility index (Phi) is 33.3. The summed E-state index contributed by atoms with van der Waals surface area (Å²) in [5.41, 5.74) is 4.35. The number of benzene rings is 2. The maximum atomic E-state index is 11.7. The number of alkyl carbamates (subject to hydrolysis) is 1. The third-order valence-corrected chi connectivity index (χ3v) is 10.5. The largest absolute Gasteiger partial charge is 0.528 e. The fourth-order valence-electron chi connectivity index (χ4n) is 5.30. The summed E-state index contributed by atoms with van der Waals surface area (Å²) in [6.45, 7) is 22.6. The van der Waals surface area contributed by atoms with Crippen LogP contribution in [-0.2, 0) is 60.3 Å². The monoisotopic (exact) mass is 1130 g/mol. The van der Waals surface area contributed by atoms with Crippen LogP contribution >= 0.6 is 16.3 Å². The minimum Gasteiger partial charge on any atom is -0.528 e. The van der Waals surface area contributed by atoms with Crippen LogP contribution in [0.2, 0.25) is 0 Å². The number of hydrogen-bond donors (Lipinski definition) is 4. The fourth-order valence-corrected chi connectivity index (χ4v) is 7.67. The molecule has 2 amide bonds. The van der Waals surface area contributed by atoms with Crippen molar-refractivity contribution < 1.29 is 106 Å². The summed E-state index contributed by atoms with van der Waals surface area (Å²) in [7, 11) is -5.12. The molecule has 331 valence electrons. The van der Waals surface area contributed by atoms with Crippen molar-refractivity contribution in [3.8, 4) is 11.1 Å². The van der Waals surface area contributed by atoms with Gasteiger partial charge in [-0.1, -0.05) is 54.6 Å². The first-order chi connectivity index (χ1) is 27.0. The molecule has 2 aromatic rings. The Morgan fingerprint density at radius 3 is 2.03 bits per heavy atom. The normalized spacial score (nSPS) is 13.1. The third-order valence-electron chi connectivity index (χ3n) is 7.37. The number of carbonyl (C=O) groups excluding carboxylic acids is 3. The van der Waals surface area contributed by atoms with Crippen LogP contribution in [0.5, 0.6) is 0 Å². The first-order valence-electron chi connectivity index (χ1n) is 18.9. The van der Waals surface area contributed by atoms with Crippen LogP contribution in [0.3, 0.4) is 0 Å². The van der Waals surface area contributed by atoms with Crippen LogP contribution in [0, 0.1) is 38.0 Å². The van der Waals surface area contributed by atoms with E-state index in [0.717, 1.165) is 0 Å². The summed E-state index contributed by atoms with van der Waals surface area (Å²) >= 11 is 0. The minimum atomic E-state index is -3.96. The van der Waals surface area contributed by atoms with Crippen LogP contribution in [0.1, 0.15) is 84.8 Å². The summed E-state index contributed by atoms with van der Waals surface area (Å²) in [5.74, 6) is -0.126. The number of fused-ring (bicyclic) bond motifs is 3. The number of hydrogen-bond acceptors (Lipinski definition) is 12. The fraction of sp³-hybridized carbons (Fsp3) is 0.550. The third kappa shape index (κ3) is 25.2. The van der Waals surface area contributed by atoms with Gasteiger partial charge in [-0.05, 0) is 77.1 Å². The standard InChI is InChI=1S/C17H34NO4P.C17H17NO3.C6H12NO5P.U.V/c1-9-12-20-23(18(14(2)3)15(4)5)21-13-10-11-16(19)22-17(6,7)8;19-10-9-18-17(20)21-11-16-14-7-3-1-5-12(14)13-6-2-4-8-15(13)16;1-2-4-11-13(9,10)12-5-3-7-6-8;;/h9,14-15H,1,10-13H2,2-8H3;1-8,16,19H,9-11H2,(H,18,20);1-5H2,(H,7,8)(H,9,10);;/q;;-2;;. The number of rotatable bonds is 23. The molecule has 19 heteroatoms. The number of aliphatic hydroxyl groups excluding tert-OH is 1. The number of ether oxygens (including phenoxy) is 2. The van der Waals surface area contributed by atoms with Crippen LogP contribution in [0.25, 0.3) is 11.1 Å². The van der Waals surface area contributed by atoms with Gasteiger partial charge in [0.05, 0.1) is 26.4 Å². The molecule has 0 saturated heterocycles. The van der Waals surface area contributed by atoms with Crippen molar-refractivity contribution in [2.24, 2.45) is 0 Å². The van der Waals surface area contributed by atoms with Gasteiger partial charge in [-0.15, -0.1) is 6.58 Å². The summed E-state index contributed by atoms with van der Waals surface area (Å²) < 4.78 is 44.3. The first kappa shape index (κ1) is 59.5. The van der Waals surface area contributed by atoms with Crippen molar-refractivity contribution in [3.05, 3.63) is 79.2 Å². The average Bonchev–Trinajstić information content (AvgIpc) is 3.47. The molecule has 3 rings (SSSR count). The number of aliphatic hydroxyl groups is 1. The topological polar surface area (TPSA) is 191 Å². The number of nitrogens with one attached hydrogen (secondary N) is 2. The van der Waals surface area contributed by atoms with Crippen LogP contribution in [-0.4, -0.2) is 104 Å². The number of nitrogens with zero attached hydrogens (tertiary/aromatic N) is 1. The Morgan fingerprint density at radius 2 is 1.54 bits per heavy atom. The van der Waals surface area contributed by atoms with Gasteiger partial charge in [0.25, 0.3) is 8.53 Å². The average molecular weight is 1130 g/mol. The predicted molar refractivity (Wildman–Crippen MR) is 222 cm³/mol. The number of phosphoric acid groups is 1. The molecule has 0 heterocycles. The molecular weight excluding hydrogens is 1070 g/mol. The molecule has 0 aliphatic heterocycles. The maximum absolute atomic E-state index is 11.7. The maximum Gasteiger partial charge on any atom is 0.472 e. The van der Waals surface area contributed by atoms with Crippen molar-refractivity contribution in [1.82, 2.24) is 15.3 Å². The van der Waals surface area contributed by atoms with E-state index >= 15 is 0 Å². The molecule has 15 nitrogen and oxygen atoms in total. The Hall–Kier alpha value is -1.59. The Labute approximate surface area is 388 Å². The van der Waals surface area contributed by atoms with E-state index in [-0.39, 0.29) is 94.5 Å². The van der Waals surface area contributed by atoms with Crippen LogP contribution in [0.15, 0.2) is 61.2 Å². The predicted octanol–water partition coefficient (Wildman–Crippen LogP) is 7.19. The summed E-state index contributed by atoms with van der Waals surface area (Å²) in [6, 6.07) is 17.0. The molecule has 1 aliphatic carbocycles. The summed E-state index contributed by atoms with van der Waals surface area (Å²) in [6.07, 6.45) is 3.98. The van der Waals surface area contributed by atoms with Crippen molar-refractivity contribution >= 4 is 34.8 Å². The van der Waals surface area contributed by atoms with Gasteiger partial charge in [-0.25, -0.2) is 14.0 Å². The van der Waals surface area contributed by atoms with E-state index in [1.54, 1.807) is 6.08 Å². The van der Waals surface area contributed by atoms with E-state index in [1.165, 1.54) is 28.7 Å². The molecule has 0 saturated carbocycles. The zero-order valence-electron chi connectivity index (χ0n) is 35.4. The second kappa shape index (κ2) is 33.0. The Morgan fingerprint density at radius 1 is 0.983 bits per heavy atom. The van der Waals surface area contributed by atoms with Crippen molar-refractivity contribution in [3.63, 3.8) is 0 Å². The zero-order chi connectivity index (χ0) is 42.9. The smallest absolute Gasteiger partial charge is 0.472 e. The van der Waals surface area contributed by atoms with E-state index in [2.05, 4.69) is 89.8 Å². The number of carbonyl (C=O) groups is 2. The molecule has 1 radical (unpaired) electrons. The van der Waals surface area contributed by atoms with Crippen molar-refractivity contribution in [2.45, 2.75) is 91.3 Å². The van der Waals surface area contributed by atoms with E-state index < -0.39 is 28.0 Å². The molecule has 0 spiro atoms. The van der Waals surface area contributed by atoms with Crippen molar-refractivity contribution in [2.75, 3.05) is 52.7 Å². The number of phosphoric ester groups is 1. The van der Waals surface area contributed by atoms with E-state index in [4.69, 9.17) is 28.5 Å². The summed E-state index contributed by atoms with van der Waals surface area (Å²) in [4.78, 5) is 41.8. The van der Waals surface area contributed by atoms with Gasteiger partial charge in [0.2, 0.25) is 0 Å². The van der Waals surface area contributed by atoms with Gasteiger partial charge in [-0.2, -0.15) is 12.8 Å². The van der Waals surface area contributed by atoms with E-state index in [9.17, 15) is 18.9 Å². The molecule has 0 aromatic heterocycles. The zero-order valence-corrected chi connectivity index (χ0v) is 42.7. The summed E-state index contributed by atoms with van der Waals surface area (Å²) in [5, 5.41) is 13.3. The molecule has 0 bridgehead atoms. The second-order valence-corrected chi connectivity index (χ2v) is 16.8. The Balaban J connectivity index is 0. The quantitative estimate of drug-likeness (QED) is 0.0219. The second-order valence-electron chi connectivity index (χ2n) is 13.9. The van der Waals surface area contributed by atoms with Crippen LogP contribution < -0.4 is 10.6 Å². The van der Waals surface area contributed by atoms with Gasteiger partial charge in [0, 0.05) is 93.8 Å². The molecule has 4 N–H and O–H groups in total. The molecular formula is C40H63N3O12P2UV-2. The number of amides is 2.